The van der Waals surface area contributed by atoms with Crippen LogP contribution in [-0.4, -0.2) is 56.9 Å². The highest BCUT2D eigenvalue weighted by molar-refractivity contribution is 7.13. The third-order valence-electron chi connectivity index (χ3n) is 5.99. The van der Waals surface area contributed by atoms with Gasteiger partial charge in [-0.15, -0.1) is 0 Å². The molecule has 146 valence electrons. The lowest BCUT2D eigenvalue weighted by atomic mass is 9.94. The van der Waals surface area contributed by atoms with Crippen LogP contribution in [0.4, 0.5) is 0 Å². The molecule has 2 fully saturated rings. The van der Waals surface area contributed by atoms with E-state index in [2.05, 4.69) is 9.88 Å². The molecule has 27 heavy (non-hydrogen) atoms. The quantitative estimate of drug-likeness (QED) is 0.811. The van der Waals surface area contributed by atoms with Gasteiger partial charge >= 0.3 is 0 Å². The molecule has 3 heterocycles. The van der Waals surface area contributed by atoms with Gasteiger partial charge in [0.05, 0.1) is 5.39 Å². The van der Waals surface area contributed by atoms with Crippen LogP contribution in [0.1, 0.15) is 43.4 Å². The molecule has 6 nitrogen and oxygen atoms in total. The number of hydrogen-bond acceptors (Lipinski definition) is 5. The molecule has 1 saturated heterocycles. The third kappa shape index (κ3) is 3.80. The summed E-state index contributed by atoms with van der Waals surface area (Å²) in [7, 11) is 0. The fraction of sp³-hybridized carbons (Fsp3) is 0.650. The molecule has 4 rings (SSSR count). The second kappa shape index (κ2) is 7.72. The maximum Gasteiger partial charge on any atom is 0.270 e. The van der Waals surface area contributed by atoms with Gasteiger partial charge in [-0.1, -0.05) is 19.3 Å². The number of piperazine rings is 1. The lowest BCUT2D eigenvalue weighted by Crippen LogP contribution is -2.53. The molecule has 7 heteroatoms. The number of carbonyl (C=O) groups excluding carboxylic acids is 1. The van der Waals surface area contributed by atoms with Crippen LogP contribution in [0, 0.1) is 13.8 Å². The van der Waals surface area contributed by atoms with E-state index in [1.54, 1.807) is 3.96 Å². The molecule has 1 saturated carbocycles. The lowest BCUT2D eigenvalue weighted by Gasteiger charge is -2.40. The average molecular weight is 389 g/mol. The van der Waals surface area contributed by atoms with Crippen molar-refractivity contribution < 1.29 is 4.79 Å². The summed E-state index contributed by atoms with van der Waals surface area (Å²) in [6, 6.07) is 2.63. The van der Waals surface area contributed by atoms with Crippen LogP contribution in [-0.2, 0) is 11.3 Å². The minimum absolute atomic E-state index is 0.0429. The van der Waals surface area contributed by atoms with E-state index in [1.807, 2.05) is 24.8 Å². The van der Waals surface area contributed by atoms with E-state index >= 15 is 0 Å². The second-order valence-corrected chi connectivity index (χ2v) is 8.91. The third-order valence-corrected chi connectivity index (χ3v) is 6.97. The first-order valence-corrected chi connectivity index (χ1v) is 10.8. The Kier molecular flexibility index (Phi) is 5.32. The molecule has 1 aliphatic carbocycles. The highest BCUT2D eigenvalue weighted by atomic mass is 32.1. The van der Waals surface area contributed by atoms with Gasteiger partial charge in [-0.25, -0.2) is 4.98 Å². The van der Waals surface area contributed by atoms with E-state index in [4.69, 9.17) is 0 Å². The number of aromatic nitrogens is 2. The van der Waals surface area contributed by atoms with Gasteiger partial charge in [0.25, 0.3) is 5.56 Å². The van der Waals surface area contributed by atoms with Gasteiger partial charge < -0.3 is 4.90 Å². The van der Waals surface area contributed by atoms with E-state index in [-0.39, 0.29) is 18.0 Å². The van der Waals surface area contributed by atoms with E-state index in [0.29, 0.717) is 11.4 Å². The Morgan fingerprint density at radius 3 is 2.56 bits per heavy atom. The molecule has 0 unspecified atom stereocenters. The van der Waals surface area contributed by atoms with Gasteiger partial charge in [-0.3, -0.25) is 18.4 Å². The van der Waals surface area contributed by atoms with Gasteiger partial charge in [0.2, 0.25) is 5.91 Å². The van der Waals surface area contributed by atoms with Crippen molar-refractivity contribution in [2.24, 2.45) is 0 Å². The number of amides is 1. The van der Waals surface area contributed by atoms with Crippen molar-refractivity contribution in [2.75, 3.05) is 26.2 Å². The Morgan fingerprint density at radius 1 is 1.15 bits per heavy atom. The van der Waals surface area contributed by atoms with Crippen LogP contribution in [0.5, 0.6) is 0 Å². The standard InChI is InChI=1S/C20H28N4O2S/c1-14-12-15(2)21-19-18(14)20(26)24(27-19)13-17(25)23-10-8-22(9-11-23)16-6-4-3-5-7-16/h12,16H,3-11,13H2,1-2H3. The van der Waals surface area contributed by atoms with Crippen molar-refractivity contribution >= 4 is 27.7 Å². The predicted octanol–water partition coefficient (Wildman–Crippen LogP) is 2.55. The first-order chi connectivity index (χ1) is 13.0. The van der Waals surface area contributed by atoms with Crippen molar-refractivity contribution in [3.8, 4) is 0 Å². The van der Waals surface area contributed by atoms with Gasteiger partial charge in [0, 0.05) is 37.9 Å². The normalized spacial score (nSPS) is 19.7. The molecule has 0 atom stereocenters. The minimum Gasteiger partial charge on any atom is -0.339 e. The summed E-state index contributed by atoms with van der Waals surface area (Å²) in [6.07, 6.45) is 6.65. The van der Waals surface area contributed by atoms with Crippen molar-refractivity contribution in [1.29, 1.82) is 0 Å². The number of hydrogen-bond donors (Lipinski definition) is 0. The zero-order valence-electron chi connectivity index (χ0n) is 16.2. The first kappa shape index (κ1) is 18.6. The Bertz CT molecular complexity index is 889. The van der Waals surface area contributed by atoms with Crippen LogP contribution in [0.25, 0.3) is 10.2 Å². The van der Waals surface area contributed by atoms with Crippen LogP contribution in [0.15, 0.2) is 10.9 Å². The predicted molar refractivity (Wildman–Crippen MR) is 108 cm³/mol. The van der Waals surface area contributed by atoms with Crippen molar-refractivity contribution in [3.63, 3.8) is 0 Å². The molecule has 2 aromatic rings. The van der Waals surface area contributed by atoms with Crippen LogP contribution >= 0.6 is 11.5 Å². The minimum atomic E-state index is -0.0887. The van der Waals surface area contributed by atoms with E-state index in [0.717, 1.165) is 42.3 Å². The number of fused-ring (bicyclic) bond motifs is 1. The van der Waals surface area contributed by atoms with Crippen molar-refractivity contribution in [2.45, 2.75) is 58.5 Å². The van der Waals surface area contributed by atoms with E-state index in [9.17, 15) is 9.59 Å². The summed E-state index contributed by atoms with van der Waals surface area (Å²) in [5.41, 5.74) is 1.75. The molecule has 1 aliphatic heterocycles. The molecule has 1 amide bonds. The first-order valence-electron chi connectivity index (χ1n) is 10.0. The van der Waals surface area contributed by atoms with Gasteiger partial charge in [0.1, 0.15) is 11.4 Å². The zero-order valence-corrected chi connectivity index (χ0v) is 17.1. The second-order valence-electron chi connectivity index (χ2n) is 7.90. The lowest BCUT2D eigenvalue weighted by molar-refractivity contribution is -0.133. The van der Waals surface area contributed by atoms with Crippen LogP contribution < -0.4 is 5.56 Å². The van der Waals surface area contributed by atoms with Gasteiger partial charge in [0.15, 0.2) is 0 Å². The molecule has 2 aliphatic rings. The zero-order chi connectivity index (χ0) is 19.0. The highest BCUT2D eigenvalue weighted by Gasteiger charge is 2.27. The van der Waals surface area contributed by atoms with Crippen LogP contribution in [0.3, 0.4) is 0 Å². The SMILES string of the molecule is Cc1cc(C)c2c(=O)n(CC(=O)N3CCN(C4CCCCC4)CC3)sc2n1. The monoisotopic (exact) mass is 388 g/mol. The number of carbonyl (C=O) groups is 1. The van der Waals surface area contributed by atoms with Crippen molar-refractivity contribution in [3.05, 3.63) is 27.7 Å². The molecule has 2 aromatic heterocycles. The summed E-state index contributed by atoms with van der Waals surface area (Å²) in [5, 5.41) is 0.653. The maximum atomic E-state index is 12.8. The van der Waals surface area contributed by atoms with Gasteiger partial charge in [-0.05, 0) is 49.9 Å². The Balaban J connectivity index is 1.41. The molecule has 0 radical (unpaired) electrons. The number of pyridine rings is 1. The summed E-state index contributed by atoms with van der Waals surface area (Å²) < 4.78 is 1.57. The summed E-state index contributed by atoms with van der Waals surface area (Å²) in [5.74, 6) is 0.0429. The Morgan fingerprint density at radius 2 is 1.85 bits per heavy atom. The molecular weight excluding hydrogens is 360 g/mol. The average Bonchev–Trinajstić information content (AvgIpc) is 2.98. The molecule has 0 spiro atoms. The maximum absolute atomic E-state index is 12.8. The molecule has 0 aromatic carbocycles. The van der Waals surface area contributed by atoms with Crippen molar-refractivity contribution in [1.82, 2.24) is 18.7 Å². The Hall–Kier alpha value is -1.73. The van der Waals surface area contributed by atoms with Crippen LogP contribution in [0.2, 0.25) is 0 Å². The molecular formula is C20H28N4O2S. The number of nitrogens with zero attached hydrogens (tertiary/aromatic N) is 4. The smallest absolute Gasteiger partial charge is 0.270 e. The number of aryl methyl sites for hydroxylation is 2. The molecule has 0 bridgehead atoms. The summed E-state index contributed by atoms with van der Waals surface area (Å²) in [4.78, 5) is 35.1. The highest BCUT2D eigenvalue weighted by Crippen LogP contribution is 2.24. The molecule has 0 N–H and O–H groups in total. The van der Waals surface area contributed by atoms with E-state index in [1.165, 1.54) is 43.6 Å². The fourth-order valence-electron chi connectivity index (χ4n) is 4.51. The summed E-state index contributed by atoms with van der Waals surface area (Å²) in [6.45, 7) is 7.44. The Labute approximate surface area is 163 Å². The van der Waals surface area contributed by atoms with E-state index < -0.39 is 0 Å². The van der Waals surface area contributed by atoms with Gasteiger partial charge in [-0.2, -0.15) is 0 Å². The largest absolute Gasteiger partial charge is 0.339 e. The topological polar surface area (TPSA) is 58.4 Å². The fourth-order valence-corrected chi connectivity index (χ4v) is 5.59. The number of rotatable bonds is 3. The summed E-state index contributed by atoms with van der Waals surface area (Å²) >= 11 is 1.30.